The van der Waals surface area contributed by atoms with Crippen molar-refractivity contribution in [2.75, 3.05) is 46.6 Å². The number of aromatic nitrogens is 3. The summed E-state index contributed by atoms with van der Waals surface area (Å²) in [6.45, 7) is 3.30. The summed E-state index contributed by atoms with van der Waals surface area (Å²) in [6, 6.07) is 11.7. The molecule has 1 saturated heterocycles. The minimum absolute atomic E-state index is 0.00448. The highest BCUT2D eigenvalue weighted by molar-refractivity contribution is 5.43. The summed E-state index contributed by atoms with van der Waals surface area (Å²) in [4.78, 5) is 2.10. The normalized spacial score (nSPS) is 18.9. The van der Waals surface area contributed by atoms with Crippen LogP contribution in [0.4, 0.5) is 4.39 Å². The first-order chi connectivity index (χ1) is 16.5. The van der Waals surface area contributed by atoms with Crippen LogP contribution in [0.3, 0.4) is 0 Å². The second-order valence-electron chi connectivity index (χ2n) is 8.27. The molecule has 34 heavy (non-hydrogen) atoms. The van der Waals surface area contributed by atoms with E-state index in [9.17, 15) is 9.50 Å². The van der Waals surface area contributed by atoms with Gasteiger partial charge in [0.05, 0.1) is 26.9 Å². The molecule has 9 nitrogen and oxygen atoms in total. The maximum atomic E-state index is 13.4. The predicted molar refractivity (Wildman–Crippen MR) is 121 cm³/mol. The van der Waals surface area contributed by atoms with Crippen molar-refractivity contribution in [3.8, 4) is 17.2 Å². The molecule has 10 heteroatoms. The van der Waals surface area contributed by atoms with Crippen molar-refractivity contribution >= 4 is 0 Å². The average Bonchev–Trinajstić information content (AvgIpc) is 3.28. The second-order valence-corrected chi connectivity index (χ2v) is 8.27. The summed E-state index contributed by atoms with van der Waals surface area (Å²) in [5.74, 6) is 1.27. The van der Waals surface area contributed by atoms with Crippen molar-refractivity contribution in [3.05, 3.63) is 66.5 Å². The first kappa shape index (κ1) is 23.9. The van der Waals surface area contributed by atoms with Crippen molar-refractivity contribution in [3.63, 3.8) is 0 Å². The van der Waals surface area contributed by atoms with E-state index in [2.05, 4.69) is 15.1 Å². The number of hydrogen-bond donors (Lipinski definition) is 1. The Morgan fingerprint density at radius 3 is 2.76 bits per heavy atom. The molecule has 2 heterocycles. The van der Waals surface area contributed by atoms with Crippen molar-refractivity contribution in [1.82, 2.24) is 19.7 Å². The number of aliphatic hydroxyl groups is 1. The van der Waals surface area contributed by atoms with Gasteiger partial charge in [-0.2, -0.15) is 0 Å². The summed E-state index contributed by atoms with van der Waals surface area (Å²) < 4.78 is 37.9. The van der Waals surface area contributed by atoms with E-state index in [1.54, 1.807) is 31.9 Å². The minimum atomic E-state index is -1.22. The molecule has 0 saturated carbocycles. The number of β-amino-alcohol motifs (C(OH)–C–C–N with tert-alkyl or cyclic N) is 1. The fourth-order valence-corrected chi connectivity index (χ4v) is 3.78. The van der Waals surface area contributed by atoms with Crippen molar-refractivity contribution in [1.29, 1.82) is 0 Å². The lowest BCUT2D eigenvalue weighted by Crippen LogP contribution is -2.48. The molecule has 0 radical (unpaired) electrons. The van der Waals surface area contributed by atoms with Gasteiger partial charge in [-0.1, -0.05) is 12.1 Å². The smallest absolute Gasteiger partial charge is 0.161 e. The van der Waals surface area contributed by atoms with Crippen LogP contribution in [0.2, 0.25) is 0 Å². The molecule has 3 aromatic rings. The van der Waals surface area contributed by atoms with E-state index in [0.717, 1.165) is 5.56 Å². The highest BCUT2D eigenvalue weighted by Gasteiger charge is 2.33. The number of hydrogen-bond acceptors (Lipinski definition) is 8. The third-order valence-corrected chi connectivity index (χ3v) is 5.45. The summed E-state index contributed by atoms with van der Waals surface area (Å²) in [5, 5.41) is 18.7. The topological polar surface area (TPSA) is 91.1 Å². The molecule has 0 amide bonds. The molecule has 182 valence electrons. The second kappa shape index (κ2) is 11.3. The number of ether oxygens (including phenoxy) is 4. The van der Waals surface area contributed by atoms with E-state index in [1.807, 2.05) is 22.8 Å². The molecule has 1 aliphatic rings. The van der Waals surface area contributed by atoms with Crippen molar-refractivity contribution < 1.29 is 28.4 Å². The first-order valence-corrected chi connectivity index (χ1v) is 11.1. The van der Waals surface area contributed by atoms with Crippen LogP contribution in [0.5, 0.6) is 17.2 Å². The zero-order chi connectivity index (χ0) is 23.8. The minimum Gasteiger partial charge on any atom is -0.493 e. The molecule has 1 atom stereocenters. The molecule has 4 rings (SSSR count). The molecule has 0 bridgehead atoms. The van der Waals surface area contributed by atoms with Gasteiger partial charge in [0.15, 0.2) is 11.5 Å². The van der Waals surface area contributed by atoms with Crippen LogP contribution >= 0.6 is 0 Å². The Kier molecular flexibility index (Phi) is 7.94. The maximum absolute atomic E-state index is 13.4. The lowest BCUT2D eigenvalue weighted by Gasteiger charge is -2.30. The molecule has 2 aromatic carbocycles. The van der Waals surface area contributed by atoms with Crippen LogP contribution in [0, 0.1) is 5.82 Å². The molecule has 0 unspecified atom stereocenters. The van der Waals surface area contributed by atoms with Gasteiger partial charge in [0, 0.05) is 25.7 Å². The van der Waals surface area contributed by atoms with Crippen LogP contribution < -0.4 is 14.2 Å². The molecule has 0 spiro atoms. The van der Waals surface area contributed by atoms with Gasteiger partial charge in [-0.3, -0.25) is 4.90 Å². The van der Waals surface area contributed by atoms with Gasteiger partial charge < -0.3 is 28.6 Å². The maximum Gasteiger partial charge on any atom is 0.161 e. The largest absolute Gasteiger partial charge is 0.493 e. The average molecular weight is 473 g/mol. The van der Waals surface area contributed by atoms with Gasteiger partial charge in [0.2, 0.25) is 0 Å². The van der Waals surface area contributed by atoms with E-state index in [0.29, 0.717) is 56.6 Å². The SMILES string of the molecule is COc1cc(CN2CCOC[C@@](O)(COc3cccc(F)c3)C2)ccc1OCCn1cnnc1. The van der Waals surface area contributed by atoms with E-state index >= 15 is 0 Å². The van der Waals surface area contributed by atoms with Crippen LogP contribution in [0.25, 0.3) is 0 Å². The number of nitrogens with zero attached hydrogens (tertiary/aromatic N) is 4. The Labute approximate surface area is 197 Å². The molecule has 1 N–H and O–H groups in total. The molecule has 1 aliphatic heterocycles. The molecule has 0 aliphatic carbocycles. The van der Waals surface area contributed by atoms with Gasteiger partial charge in [0.1, 0.15) is 43.0 Å². The van der Waals surface area contributed by atoms with E-state index in [1.165, 1.54) is 12.1 Å². The summed E-state index contributed by atoms with van der Waals surface area (Å²) in [6.07, 6.45) is 3.28. The van der Waals surface area contributed by atoms with Gasteiger partial charge in [-0.25, -0.2) is 4.39 Å². The predicted octanol–water partition coefficient (Wildman–Crippen LogP) is 2.15. The quantitative estimate of drug-likeness (QED) is 0.480. The monoisotopic (exact) mass is 472 g/mol. The van der Waals surface area contributed by atoms with Gasteiger partial charge >= 0.3 is 0 Å². The van der Waals surface area contributed by atoms with E-state index < -0.39 is 5.60 Å². The lowest BCUT2D eigenvalue weighted by molar-refractivity contribution is -0.0647. The fraction of sp³-hybridized carbons (Fsp3) is 0.417. The Hall–Kier alpha value is -3.21. The van der Waals surface area contributed by atoms with Crippen molar-refractivity contribution in [2.45, 2.75) is 18.7 Å². The lowest BCUT2D eigenvalue weighted by atomic mass is 10.1. The van der Waals surface area contributed by atoms with E-state index in [-0.39, 0.29) is 19.0 Å². The zero-order valence-electron chi connectivity index (χ0n) is 19.1. The Morgan fingerprint density at radius 2 is 1.97 bits per heavy atom. The van der Waals surface area contributed by atoms with Crippen LogP contribution in [-0.4, -0.2) is 77.0 Å². The molecule has 1 fully saturated rings. The number of rotatable bonds is 10. The van der Waals surface area contributed by atoms with Gasteiger partial charge in [0.25, 0.3) is 0 Å². The first-order valence-electron chi connectivity index (χ1n) is 11.1. The zero-order valence-corrected chi connectivity index (χ0v) is 19.1. The Morgan fingerprint density at radius 1 is 1.12 bits per heavy atom. The fourth-order valence-electron chi connectivity index (χ4n) is 3.78. The summed E-state index contributed by atoms with van der Waals surface area (Å²) >= 11 is 0. The van der Waals surface area contributed by atoms with Crippen LogP contribution in [-0.2, 0) is 17.8 Å². The molecular formula is C24H29FN4O5. The third kappa shape index (κ3) is 6.66. The van der Waals surface area contributed by atoms with Crippen molar-refractivity contribution in [2.24, 2.45) is 0 Å². The number of methoxy groups -OCH3 is 1. The van der Waals surface area contributed by atoms with E-state index in [4.69, 9.17) is 18.9 Å². The Balaban J connectivity index is 1.35. The molecule has 1 aromatic heterocycles. The standard InChI is InChI=1S/C24H29FN4O5/c1-31-23-11-19(5-6-22(23)33-10-8-29-17-26-27-18-29)13-28-7-9-32-15-24(30,14-28)16-34-21-4-2-3-20(25)12-21/h2-6,11-12,17-18,30H,7-10,13-16H2,1H3/t24-/m1/s1. The third-order valence-electron chi connectivity index (χ3n) is 5.45. The van der Waals surface area contributed by atoms with Crippen LogP contribution in [0.1, 0.15) is 5.56 Å². The summed E-state index contributed by atoms with van der Waals surface area (Å²) in [7, 11) is 1.61. The highest BCUT2D eigenvalue weighted by atomic mass is 19.1. The van der Waals surface area contributed by atoms with Crippen LogP contribution in [0.15, 0.2) is 55.1 Å². The number of halogens is 1. The molecular weight excluding hydrogens is 443 g/mol. The Bertz CT molecular complexity index is 1050. The number of benzene rings is 2. The summed E-state index contributed by atoms with van der Waals surface area (Å²) in [5.41, 5.74) is -0.212. The van der Waals surface area contributed by atoms with Gasteiger partial charge in [-0.05, 0) is 29.8 Å². The highest BCUT2D eigenvalue weighted by Crippen LogP contribution is 2.29. The van der Waals surface area contributed by atoms with Gasteiger partial charge in [-0.15, -0.1) is 10.2 Å².